The van der Waals surface area contributed by atoms with Crippen LogP contribution in [-0.4, -0.2) is 94.1 Å². The minimum Gasteiger partial charge on any atom is -0.496 e. The molecule has 0 spiro atoms. The highest BCUT2D eigenvalue weighted by atomic mass is 16.5. The molecular weight excluding hydrogens is 708 g/mol. The molecule has 15 heteroatoms. The summed E-state index contributed by atoms with van der Waals surface area (Å²) < 4.78 is 19.1. The Morgan fingerprint density at radius 2 is 1.76 bits per heavy atom. The Morgan fingerprint density at radius 3 is 2.49 bits per heavy atom. The highest BCUT2D eigenvalue weighted by Gasteiger charge is 2.45. The van der Waals surface area contributed by atoms with Gasteiger partial charge in [-0.1, -0.05) is 12.1 Å². The second kappa shape index (κ2) is 15.9. The first-order valence-electron chi connectivity index (χ1n) is 18.4. The molecule has 7 rings (SSSR count). The molecule has 3 aliphatic rings. The average molecular weight is 753 g/mol. The van der Waals surface area contributed by atoms with Gasteiger partial charge in [0.15, 0.2) is 6.23 Å². The number of hydrogen-bond acceptors (Lipinski definition) is 11. The third kappa shape index (κ3) is 7.49. The number of likely N-dealkylation sites (tertiary alicyclic amines) is 1. The quantitative estimate of drug-likeness (QED) is 0.127. The van der Waals surface area contributed by atoms with Gasteiger partial charge in [-0.2, -0.15) is 0 Å². The van der Waals surface area contributed by atoms with Crippen molar-refractivity contribution in [3.05, 3.63) is 82.0 Å². The summed E-state index contributed by atoms with van der Waals surface area (Å²) >= 11 is 0. The second-order valence-corrected chi connectivity index (χ2v) is 14.1. The summed E-state index contributed by atoms with van der Waals surface area (Å²) in [5.74, 6) is 0.119. The van der Waals surface area contributed by atoms with E-state index in [1.54, 1.807) is 56.4 Å². The fraction of sp³-hybridized carbons (Fsp3) is 0.400. The zero-order valence-corrected chi connectivity index (χ0v) is 31.0. The van der Waals surface area contributed by atoms with Crippen molar-refractivity contribution in [3.63, 3.8) is 0 Å². The summed E-state index contributed by atoms with van der Waals surface area (Å²) in [6, 6.07) is 9.79. The Balaban J connectivity index is 0.862. The van der Waals surface area contributed by atoms with Crippen LogP contribution < -0.4 is 30.4 Å². The van der Waals surface area contributed by atoms with Gasteiger partial charge in [0.1, 0.15) is 23.3 Å². The van der Waals surface area contributed by atoms with E-state index in [1.165, 1.54) is 0 Å². The van der Waals surface area contributed by atoms with Crippen molar-refractivity contribution in [2.45, 2.75) is 63.4 Å². The van der Waals surface area contributed by atoms with Gasteiger partial charge in [0.2, 0.25) is 17.7 Å². The molecule has 2 unspecified atom stereocenters. The number of carbonyl (C=O) groups excluding carboxylic acids is 4. The molecule has 3 aliphatic heterocycles. The van der Waals surface area contributed by atoms with E-state index in [0.29, 0.717) is 73.7 Å². The average Bonchev–Trinajstić information content (AvgIpc) is 3.42. The molecule has 0 aliphatic carbocycles. The highest BCUT2D eigenvalue weighted by Crippen LogP contribution is 2.40. The van der Waals surface area contributed by atoms with Crippen LogP contribution in [0.3, 0.4) is 0 Å². The lowest BCUT2D eigenvalue weighted by atomic mass is 9.98. The van der Waals surface area contributed by atoms with Crippen LogP contribution in [0.2, 0.25) is 0 Å². The Labute approximate surface area is 317 Å². The standard InChI is InChI=1S/C40H44N6O9/c1-44-21-28(25-13-14-41-18-27(25)38(44)50)23-16-32(53-2)29(33(17-23)54-3)22-45-19-24(20-45)42-34(47)10-5-4-6-15-55-31-9-7-8-26-36(31)40(52)46(39(26)51)30-11-12-35(48)43-37(30)49/h7-9,13-14,16-18,21,24,30,39,51H,4-6,10-12,15,19-20,22H2,1-3H3,(H,42,47)(H,43,48,49). The third-order valence-corrected chi connectivity index (χ3v) is 10.5. The van der Waals surface area contributed by atoms with Crippen molar-refractivity contribution >= 4 is 34.4 Å². The van der Waals surface area contributed by atoms with E-state index >= 15 is 0 Å². The van der Waals surface area contributed by atoms with Gasteiger partial charge in [-0.05, 0) is 60.9 Å². The molecule has 0 saturated carbocycles. The largest absolute Gasteiger partial charge is 0.496 e. The number of fused-ring (bicyclic) bond motifs is 2. The number of nitrogens with zero attached hydrogens (tertiary/aromatic N) is 4. The molecule has 15 nitrogen and oxygen atoms in total. The van der Waals surface area contributed by atoms with Gasteiger partial charge in [0.25, 0.3) is 11.5 Å². The van der Waals surface area contributed by atoms with Crippen molar-refractivity contribution in [2.75, 3.05) is 33.9 Å². The molecule has 2 atom stereocenters. The number of ether oxygens (including phenoxy) is 3. The predicted octanol–water partition coefficient (Wildman–Crippen LogP) is 2.81. The number of aliphatic hydroxyl groups excluding tert-OH is 1. The van der Waals surface area contributed by atoms with Crippen LogP contribution in [-0.2, 0) is 28.0 Å². The van der Waals surface area contributed by atoms with Gasteiger partial charge in [-0.25, -0.2) is 0 Å². The molecule has 0 radical (unpaired) electrons. The first-order chi connectivity index (χ1) is 26.6. The number of hydrogen-bond donors (Lipinski definition) is 3. The number of carbonyl (C=O) groups is 4. The molecule has 288 valence electrons. The summed E-state index contributed by atoms with van der Waals surface area (Å²) in [5, 5.41) is 17.6. The summed E-state index contributed by atoms with van der Waals surface area (Å²) in [4.78, 5) is 70.2. The van der Waals surface area contributed by atoms with Crippen molar-refractivity contribution in [1.29, 1.82) is 0 Å². The number of piperidine rings is 1. The number of methoxy groups -OCH3 is 2. The maximum atomic E-state index is 13.3. The molecule has 2 aromatic carbocycles. The number of unbranched alkanes of at least 4 members (excludes halogenated alkanes) is 2. The Morgan fingerprint density at radius 1 is 1.00 bits per heavy atom. The van der Waals surface area contributed by atoms with E-state index in [9.17, 15) is 29.1 Å². The third-order valence-electron chi connectivity index (χ3n) is 10.5. The lowest BCUT2D eigenvalue weighted by Crippen LogP contribution is -2.58. The number of nitrogens with one attached hydrogen (secondary N) is 2. The SMILES string of the molecule is COc1cc(-c2cn(C)c(=O)c3cnccc23)cc(OC)c1CN1CC(NC(=O)CCCCCOc2cccc3c2C(=O)N(C2CCC(=O)NC2=O)C3O)C1. The van der Waals surface area contributed by atoms with Crippen molar-refractivity contribution in [3.8, 4) is 28.4 Å². The van der Waals surface area contributed by atoms with Crippen LogP contribution >= 0.6 is 0 Å². The minimum absolute atomic E-state index is 0.0150. The summed E-state index contributed by atoms with van der Waals surface area (Å²) in [6.45, 7) is 2.25. The maximum Gasteiger partial charge on any atom is 0.261 e. The highest BCUT2D eigenvalue weighted by molar-refractivity contribution is 6.07. The fourth-order valence-electron chi connectivity index (χ4n) is 7.66. The van der Waals surface area contributed by atoms with Crippen LogP contribution in [0.1, 0.15) is 66.2 Å². The van der Waals surface area contributed by atoms with E-state index in [4.69, 9.17) is 14.2 Å². The first kappa shape index (κ1) is 37.5. The van der Waals surface area contributed by atoms with E-state index in [1.807, 2.05) is 24.4 Å². The van der Waals surface area contributed by atoms with Crippen molar-refractivity contribution < 1.29 is 38.5 Å². The normalized spacial score (nSPS) is 18.5. The number of aromatic nitrogens is 2. The number of aryl methyl sites for hydroxylation is 1. The number of aliphatic hydroxyl groups is 1. The molecule has 4 aromatic rings. The van der Waals surface area contributed by atoms with Crippen LogP contribution in [0, 0.1) is 0 Å². The molecule has 3 N–H and O–H groups in total. The monoisotopic (exact) mass is 752 g/mol. The van der Waals surface area contributed by atoms with Crippen molar-refractivity contribution in [1.82, 2.24) is 30.0 Å². The van der Waals surface area contributed by atoms with Crippen LogP contribution in [0.25, 0.3) is 21.9 Å². The molecule has 55 heavy (non-hydrogen) atoms. The predicted molar refractivity (Wildman–Crippen MR) is 200 cm³/mol. The lowest BCUT2D eigenvalue weighted by molar-refractivity contribution is -0.139. The van der Waals surface area contributed by atoms with Gasteiger partial charge in [0, 0.05) is 69.2 Å². The maximum absolute atomic E-state index is 13.3. The number of benzene rings is 2. The van der Waals surface area contributed by atoms with Gasteiger partial charge in [-0.3, -0.25) is 44.1 Å². The molecule has 5 heterocycles. The molecule has 0 bridgehead atoms. The zero-order chi connectivity index (χ0) is 38.8. The molecule has 4 amide bonds. The molecular formula is C40H44N6O9. The lowest BCUT2D eigenvalue weighted by Gasteiger charge is -2.40. The topological polar surface area (TPSA) is 182 Å². The van der Waals surface area contributed by atoms with E-state index in [0.717, 1.165) is 33.4 Å². The summed E-state index contributed by atoms with van der Waals surface area (Å²) in [5.41, 5.74) is 3.06. The van der Waals surface area contributed by atoms with E-state index in [-0.39, 0.29) is 35.9 Å². The zero-order valence-electron chi connectivity index (χ0n) is 31.0. The minimum atomic E-state index is -1.31. The van der Waals surface area contributed by atoms with Crippen LogP contribution in [0.5, 0.6) is 17.2 Å². The smallest absolute Gasteiger partial charge is 0.261 e. The molecule has 2 fully saturated rings. The van der Waals surface area contributed by atoms with Gasteiger partial charge < -0.3 is 29.2 Å². The molecule has 2 aromatic heterocycles. The number of rotatable bonds is 14. The first-order valence-corrected chi connectivity index (χ1v) is 18.4. The van der Waals surface area contributed by atoms with Crippen molar-refractivity contribution in [2.24, 2.45) is 7.05 Å². The van der Waals surface area contributed by atoms with Gasteiger partial charge in [-0.15, -0.1) is 0 Å². The van der Waals surface area contributed by atoms with Gasteiger partial charge in [0.05, 0.1) is 43.4 Å². The number of amides is 4. The Bertz CT molecular complexity index is 2190. The fourth-order valence-corrected chi connectivity index (χ4v) is 7.66. The van der Waals surface area contributed by atoms with E-state index < -0.39 is 30.0 Å². The van der Waals surface area contributed by atoms with Gasteiger partial charge >= 0.3 is 0 Å². The van der Waals surface area contributed by atoms with Crippen LogP contribution in [0.4, 0.5) is 0 Å². The molecule has 2 saturated heterocycles. The van der Waals surface area contributed by atoms with Crippen LogP contribution in [0.15, 0.2) is 59.8 Å². The Hall–Kier alpha value is -5.80. The number of pyridine rings is 2. The number of imide groups is 1. The summed E-state index contributed by atoms with van der Waals surface area (Å²) in [6.07, 6.45) is 6.40. The summed E-state index contributed by atoms with van der Waals surface area (Å²) in [7, 11) is 4.96. The second-order valence-electron chi connectivity index (χ2n) is 14.1. The Kier molecular flexibility index (Phi) is 10.8. The van der Waals surface area contributed by atoms with E-state index in [2.05, 4.69) is 20.5 Å².